The average molecular weight is 346 g/mol. The van der Waals surface area contributed by atoms with Gasteiger partial charge in [0.2, 0.25) is 0 Å². The maximum Gasteiger partial charge on any atom is 0.410 e. The molecule has 0 atom stereocenters. The van der Waals surface area contributed by atoms with Crippen LogP contribution in [0.25, 0.3) is 0 Å². The van der Waals surface area contributed by atoms with Crippen LogP contribution in [0.5, 0.6) is 0 Å². The van der Waals surface area contributed by atoms with Gasteiger partial charge in [0.15, 0.2) is 0 Å². The lowest BCUT2D eigenvalue weighted by Gasteiger charge is -2.31. The van der Waals surface area contributed by atoms with Gasteiger partial charge in [-0.05, 0) is 42.1 Å². The quantitative estimate of drug-likeness (QED) is 0.901. The highest BCUT2D eigenvalue weighted by molar-refractivity contribution is 9.10. The molecule has 0 radical (unpaired) electrons. The number of aromatic nitrogens is 2. The zero-order chi connectivity index (χ0) is 15.6. The molecule has 6 heteroatoms. The van der Waals surface area contributed by atoms with Gasteiger partial charge < -0.3 is 14.6 Å². The molecule has 0 saturated heterocycles. The van der Waals surface area contributed by atoms with Crippen molar-refractivity contribution in [2.75, 3.05) is 6.54 Å². The Morgan fingerprint density at radius 2 is 1.95 bits per heavy atom. The molecule has 0 aliphatic carbocycles. The van der Waals surface area contributed by atoms with Crippen LogP contribution in [-0.2, 0) is 11.3 Å². The lowest BCUT2D eigenvalue weighted by molar-refractivity contribution is 0.0164. The Labute approximate surface area is 129 Å². The van der Waals surface area contributed by atoms with E-state index in [-0.39, 0.29) is 11.5 Å². The highest BCUT2D eigenvalue weighted by Gasteiger charge is 2.26. The van der Waals surface area contributed by atoms with Gasteiger partial charge in [-0.2, -0.15) is 0 Å². The van der Waals surface area contributed by atoms with E-state index in [9.17, 15) is 4.79 Å². The Hall–Kier alpha value is -1.04. The lowest BCUT2D eigenvalue weighted by atomic mass is 9.96. The van der Waals surface area contributed by atoms with Crippen molar-refractivity contribution >= 4 is 22.0 Å². The molecule has 0 fully saturated rings. The van der Waals surface area contributed by atoms with Crippen LogP contribution in [0.15, 0.2) is 10.8 Å². The van der Waals surface area contributed by atoms with Crippen molar-refractivity contribution in [3.8, 4) is 0 Å². The number of rotatable bonds is 3. The molecule has 0 spiro atoms. The third-order valence-electron chi connectivity index (χ3n) is 2.25. The van der Waals surface area contributed by atoms with Crippen LogP contribution in [0.2, 0.25) is 0 Å². The summed E-state index contributed by atoms with van der Waals surface area (Å²) in [5.41, 5.74) is -0.516. The van der Waals surface area contributed by atoms with Gasteiger partial charge in [-0.1, -0.05) is 20.8 Å². The van der Waals surface area contributed by atoms with Gasteiger partial charge in [-0.15, -0.1) is 0 Å². The minimum atomic E-state index is -0.503. The van der Waals surface area contributed by atoms with Crippen molar-refractivity contribution in [3.63, 3.8) is 0 Å². The molecule has 0 aliphatic rings. The minimum absolute atomic E-state index is 0.0132. The molecule has 0 unspecified atom stereocenters. The van der Waals surface area contributed by atoms with Crippen molar-refractivity contribution in [2.24, 2.45) is 5.41 Å². The van der Waals surface area contributed by atoms with Crippen LogP contribution in [0.1, 0.15) is 47.4 Å². The van der Waals surface area contributed by atoms with Gasteiger partial charge in [-0.25, -0.2) is 9.78 Å². The second-order valence-electron chi connectivity index (χ2n) is 7.07. The number of hydrogen-bond donors (Lipinski definition) is 1. The summed E-state index contributed by atoms with van der Waals surface area (Å²) in [5.74, 6) is 0.729. The van der Waals surface area contributed by atoms with Crippen LogP contribution < -0.4 is 0 Å². The lowest BCUT2D eigenvalue weighted by Crippen LogP contribution is -2.41. The fourth-order valence-electron chi connectivity index (χ4n) is 1.68. The fourth-order valence-corrected chi connectivity index (χ4v) is 2.01. The van der Waals surface area contributed by atoms with Gasteiger partial charge in [-0.3, -0.25) is 0 Å². The van der Waals surface area contributed by atoms with Crippen LogP contribution in [0.4, 0.5) is 4.79 Å². The number of aromatic amines is 1. The minimum Gasteiger partial charge on any atom is -0.444 e. The van der Waals surface area contributed by atoms with E-state index in [4.69, 9.17) is 4.74 Å². The molecule has 0 aromatic carbocycles. The smallest absolute Gasteiger partial charge is 0.410 e. The molecule has 20 heavy (non-hydrogen) atoms. The number of ether oxygens (including phenoxy) is 1. The third-order valence-corrected chi connectivity index (χ3v) is 2.66. The zero-order valence-corrected chi connectivity index (χ0v) is 14.7. The van der Waals surface area contributed by atoms with E-state index in [2.05, 4.69) is 46.7 Å². The molecule has 1 rings (SSSR count). The molecule has 1 aromatic rings. The summed E-state index contributed by atoms with van der Waals surface area (Å²) in [6.07, 6.45) is 1.36. The van der Waals surface area contributed by atoms with Crippen molar-refractivity contribution in [3.05, 3.63) is 16.6 Å². The van der Waals surface area contributed by atoms with E-state index >= 15 is 0 Å². The summed E-state index contributed by atoms with van der Waals surface area (Å²) < 4.78 is 6.26. The normalized spacial score (nSPS) is 12.3. The molecule has 1 N–H and O–H groups in total. The summed E-state index contributed by atoms with van der Waals surface area (Å²) in [4.78, 5) is 21.3. The number of carbonyl (C=O) groups is 1. The number of nitrogens with one attached hydrogen (secondary N) is 1. The fraction of sp³-hybridized carbons (Fsp3) is 0.714. The maximum atomic E-state index is 12.3. The monoisotopic (exact) mass is 345 g/mol. The predicted molar refractivity (Wildman–Crippen MR) is 82.4 cm³/mol. The predicted octanol–water partition coefficient (Wildman–Crippen LogP) is 3.96. The Morgan fingerprint density at radius 3 is 2.35 bits per heavy atom. The summed E-state index contributed by atoms with van der Waals surface area (Å²) in [6, 6.07) is 0. The molecule has 1 amide bonds. The van der Waals surface area contributed by atoms with Crippen LogP contribution in [0.3, 0.4) is 0 Å². The Morgan fingerprint density at radius 1 is 1.35 bits per heavy atom. The number of amides is 1. The average Bonchev–Trinajstić information content (AvgIpc) is 2.58. The number of hydrogen-bond acceptors (Lipinski definition) is 3. The molecular formula is C14H24BrN3O2. The molecular weight excluding hydrogens is 322 g/mol. The number of nitrogens with zero attached hydrogens (tertiary/aromatic N) is 2. The van der Waals surface area contributed by atoms with E-state index in [1.807, 2.05) is 20.8 Å². The SMILES string of the molecule is CC(C)(C)CN(Cc1ncc(Br)[nH]1)C(=O)OC(C)(C)C. The van der Waals surface area contributed by atoms with E-state index in [0.29, 0.717) is 13.1 Å². The molecule has 0 aliphatic heterocycles. The van der Waals surface area contributed by atoms with Gasteiger partial charge in [0.05, 0.1) is 12.7 Å². The van der Waals surface area contributed by atoms with E-state index in [1.165, 1.54) is 0 Å². The van der Waals surface area contributed by atoms with Crippen molar-refractivity contribution in [1.82, 2.24) is 14.9 Å². The summed E-state index contributed by atoms with van der Waals surface area (Å²) in [6.45, 7) is 12.8. The number of H-pyrrole nitrogens is 1. The Bertz CT molecular complexity index is 458. The van der Waals surface area contributed by atoms with Crippen LogP contribution >= 0.6 is 15.9 Å². The first kappa shape index (κ1) is 17.0. The van der Waals surface area contributed by atoms with E-state index in [0.717, 1.165) is 10.4 Å². The van der Waals surface area contributed by atoms with Crippen molar-refractivity contribution in [1.29, 1.82) is 0 Å². The first-order valence-corrected chi connectivity index (χ1v) is 7.43. The topological polar surface area (TPSA) is 58.2 Å². The van der Waals surface area contributed by atoms with Crippen LogP contribution in [-0.4, -0.2) is 33.1 Å². The first-order chi connectivity index (χ1) is 8.96. The van der Waals surface area contributed by atoms with Crippen molar-refractivity contribution in [2.45, 2.75) is 53.7 Å². The summed E-state index contributed by atoms with van der Waals surface area (Å²) in [5, 5.41) is 0. The van der Waals surface area contributed by atoms with E-state index < -0.39 is 5.60 Å². The van der Waals surface area contributed by atoms with Crippen LogP contribution in [0, 0.1) is 5.41 Å². The van der Waals surface area contributed by atoms with Gasteiger partial charge >= 0.3 is 6.09 Å². The number of carbonyl (C=O) groups excluding carboxylic acids is 1. The van der Waals surface area contributed by atoms with Gasteiger partial charge in [0, 0.05) is 6.54 Å². The van der Waals surface area contributed by atoms with E-state index in [1.54, 1.807) is 11.1 Å². The molecule has 1 heterocycles. The molecule has 0 saturated carbocycles. The molecule has 1 aromatic heterocycles. The van der Waals surface area contributed by atoms with Crippen molar-refractivity contribution < 1.29 is 9.53 Å². The summed E-state index contributed by atoms with van der Waals surface area (Å²) >= 11 is 3.32. The largest absolute Gasteiger partial charge is 0.444 e. The molecule has 0 bridgehead atoms. The maximum absolute atomic E-state index is 12.3. The standard InChI is InChI=1S/C14H24BrN3O2/c1-13(2,3)9-18(12(19)20-14(4,5)6)8-11-16-7-10(15)17-11/h7H,8-9H2,1-6H3,(H,16,17). The zero-order valence-electron chi connectivity index (χ0n) is 13.1. The Kier molecular flexibility index (Phi) is 5.24. The second-order valence-corrected chi connectivity index (χ2v) is 7.93. The molecule has 114 valence electrons. The van der Waals surface area contributed by atoms with Gasteiger partial charge in [0.25, 0.3) is 0 Å². The third kappa shape index (κ3) is 6.41. The Balaban J connectivity index is 2.82. The molecule has 5 nitrogen and oxygen atoms in total. The number of halogens is 1. The highest BCUT2D eigenvalue weighted by Crippen LogP contribution is 2.19. The van der Waals surface area contributed by atoms with Gasteiger partial charge in [0.1, 0.15) is 16.0 Å². The second kappa shape index (κ2) is 6.16. The number of imidazole rings is 1. The first-order valence-electron chi connectivity index (χ1n) is 6.64. The highest BCUT2D eigenvalue weighted by atomic mass is 79.9. The summed E-state index contributed by atoms with van der Waals surface area (Å²) in [7, 11) is 0.